The minimum Gasteiger partial charge on any atom is -0.493 e. The van der Waals surface area contributed by atoms with Crippen molar-refractivity contribution >= 4 is 17.7 Å². The minimum absolute atomic E-state index is 0.0415. The molecule has 2 aromatic rings. The maximum absolute atomic E-state index is 12.9. The molecule has 130 valence electrons. The molecule has 0 aliphatic carbocycles. The summed E-state index contributed by atoms with van der Waals surface area (Å²) in [4.78, 5) is 37.6. The topological polar surface area (TPSA) is 93.5 Å². The quantitative estimate of drug-likeness (QED) is 0.810. The Kier molecular flexibility index (Phi) is 4.51. The second-order valence-electron chi connectivity index (χ2n) is 5.55. The second-order valence-corrected chi connectivity index (χ2v) is 5.55. The summed E-state index contributed by atoms with van der Waals surface area (Å²) in [6.45, 7) is 2.01. The summed E-state index contributed by atoms with van der Waals surface area (Å²) in [5.74, 6) is -1.01. The number of nitrogens with one attached hydrogen (secondary N) is 1. The van der Waals surface area contributed by atoms with Crippen LogP contribution in [0.3, 0.4) is 0 Å². The van der Waals surface area contributed by atoms with Crippen molar-refractivity contribution in [2.45, 2.75) is 19.4 Å². The molecule has 1 aliphatic rings. The van der Waals surface area contributed by atoms with E-state index in [0.717, 1.165) is 5.69 Å². The molecule has 0 spiro atoms. The zero-order valence-corrected chi connectivity index (χ0v) is 13.9. The Bertz CT molecular complexity index is 815. The van der Waals surface area contributed by atoms with Gasteiger partial charge in [-0.1, -0.05) is 18.2 Å². The number of likely N-dealkylation sites (N-methyl/N-ethyl adjacent to an activating group) is 1. The van der Waals surface area contributed by atoms with Crippen molar-refractivity contribution in [2.75, 3.05) is 13.7 Å². The molecule has 8 nitrogen and oxygen atoms in total. The van der Waals surface area contributed by atoms with Crippen LogP contribution in [-0.2, 0) is 9.59 Å². The van der Waals surface area contributed by atoms with Gasteiger partial charge < -0.3 is 9.64 Å². The Morgan fingerprint density at radius 1 is 1.36 bits per heavy atom. The number of carbonyl (C=O) groups is 3. The second kappa shape index (κ2) is 6.76. The molecule has 1 unspecified atom stereocenters. The lowest BCUT2D eigenvalue weighted by molar-refractivity contribution is -0.126. The largest absolute Gasteiger partial charge is 0.493 e. The third kappa shape index (κ3) is 3.10. The Morgan fingerprint density at radius 3 is 2.64 bits per heavy atom. The highest BCUT2D eigenvalue weighted by atomic mass is 16.5. The predicted octanol–water partition coefficient (Wildman–Crippen LogP) is 0.758. The molecule has 1 N–H and O–H groups in total. The van der Waals surface area contributed by atoms with Gasteiger partial charge in [-0.15, -0.1) is 0 Å². The summed E-state index contributed by atoms with van der Waals surface area (Å²) in [6, 6.07) is 8.47. The average molecular weight is 342 g/mol. The number of nitrogens with zero attached hydrogens (tertiary/aromatic N) is 3. The van der Waals surface area contributed by atoms with Crippen molar-refractivity contribution in [1.82, 2.24) is 20.0 Å². The summed E-state index contributed by atoms with van der Waals surface area (Å²) in [5, 5.41) is 6.54. The maximum atomic E-state index is 12.9. The average Bonchev–Trinajstić information content (AvgIpc) is 3.19. The zero-order valence-electron chi connectivity index (χ0n) is 13.9. The molecule has 3 rings (SSSR count). The van der Waals surface area contributed by atoms with Crippen LogP contribution in [0, 0.1) is 0 Å². The summed E-state index contributed by atoms with van der Waals surface area (Å²) >= 11 is 0. The van der Waals surface area contributed by atoms with Crippen LogP contribution in [0.2, 0.25) is 0 Å². The molecule has 1 aliphatic heterocycles. The van der Waals surface area contributed by atoms with E-state index < -0.39 is 17.9 Å². The number of ether oxygens (including phenoxy) is 1. The third-order valence-corrected chi connectivity index (χ3v) is 4.05. The summed E-state index contributed by atoms with van der Waals surface area (Å²) in [7, 11) is 1.45. The molecule has 2 heterocycles. The summed E-state index contributed by atoms with van der Waals surface area (Å²) < 4.78 is 6.82. The van der Waals surface area contributed by atoms with Gasteiger partial charge >= 0.3 is 0 Å². The maximum Gasteiger partial charge on any atom is 0.278 e. The number of aromatic nitrogens is 2. The number of methoxy groups -OCH3 is 1. The van der Waals surface area contributed by atoms with Gasteiger partial charge in [-0.05, 0) is 19.1 Å². The predicted molar refractivity (Wildman–Crippen MR) is 88.4 cm³/mol. The van der Waals surface area contributed by atoms with E-state index in [1.165, 1.54) is 12.0 Å². The van der Waals surface area contributed by atoms with E-state index in [9.17, 15) is 14.4 Å². The van der Waals surface area contributed by atoms with E-state index in [4.69, 9.17) is 4.74 Å². The fourth-order valence-electron chi connectivity index (χ4n) is 2.80. The fourth-order valence-corrected chi connectivity index (χ4v) is 2.80. The highest BCUT2D eigenvalue weighted by Crippen LogP contribution is 2.23. The first kappa shape index (κ1) is 16.7. The number of rotatable bonds is 5. The first-order valence-electron chi connectivity index (χ1n) is 7.89. The normalized spacial score (nSPS) is 16.6. The first-order valence-corrected chi connectivity index (χ1v) is 7.89. The SMILES string of the molecule is CCN(C(=O)c1nn(-c2ccccc2)cc1OC)C1CC(=O)NC1=O. The van der Waals surface area contributed by atoms with Crippen LogP contribution in [0.4, 0.5) is 0 Å². The van der Waals surface area contributed by atoms with Crippen LogP contribution in [0.1, 0.15) is 23.8 Å². The van der Waals surface area contributed by atoms with Crippen LogP contribution in [-0.4, -0.2) is 52.1 Å². The molecule has 25 heavy (non-hydrogen) atoms. The molecule has 1 atom stereocenters. The molecule has 3 amide bonds. The number of para-hydroxylation sites is 1. The molecule has 1 saturated heterocycles. The van der Waals surface area contributed by atoms with E-state index in [1.54, 1.807) is 17.8 Å². The number of amides is 3. The van der Waals surface area contributed by atoms with Gasteiger partial charge in [0.25, 0.3) is 5.91 Å². The van der Waals surface area contributed by atoms with Gasteiger partial charge in [0, 0.05) is 6.54 Å². The lowest BCUT2D eigenvalue weighted by Gasteiger charge is -2.24. The van der Waals surface area contributed by atoms with Gasteiger partial charge in [-0.2, -0.15) is 5.10 Å². The zero-order chi connectivity index (χ0) is 18.0. The van der Waals surface area contributed by atoms with Gasteiger partial charge in [0.05, 0.1) is 25.4 Å². The number of imide groups is 1. The first-order chi connectivity index (χ1) is 12.0. The Morgan fingerprint density at radius 2 is 2.08 bits per heavy atom. The van der Waals surface area contributed by atoms with Gasteiger partial charge in [-0.25, -0.2) is 4.68 Å². The van der Waals surface area contributed by atoms with Crippen molar-refractivity contribution in [3.63, 3.8) is 0 Å². The standard InChI is InChI=1S/C17H18N4O4/c1-3-20(12-9-14(22)18-16(12)23)17(24)15-13(25-2)10-21(19-15)11-7-5-4-6-8-11/h4-8,10,12H,3,9H2,1-2H3,(H,18,22,23). The third-order valence-electron chi connectivity index (χ3n) is 4.05. The number of hydrogen-bond acceptors (Lipinski definition) is 5. The fraction of sp³-hybridized carbons (Fsp3) is 0.294. The highest BCUT2D eigenvalue weighted by molar-refractivity contribution is 6.08. The van der Waals surface area contributed by atoms with E-state index >= 15 is 0 Å². The van der Waals surface area contributed by atoms with E-state index in [0.29, 0.717) is 5.75 Å². The van der Waals surface area contributed by atoms with E-state index in [1.807, 2.05) is 30.3 Å². The van der Waals surface area contributed by atoms with Crippen molar-refractivity contribution in [3.8, 4) is 11.4 Å². The van der Waals surface area contributed by atoms with Crippen LogP contribution in [0.25, 0.3) is 5.69 Å². The van der Waals surface area contributed by atoms with E-state index in [2.05, 4.69) is 10.4 Å². The van der Waals surface area contributed by atoms with Gasteiger partial charge in [0.1, 0.15) is 6.04 Å². The summed E-state index contributed by atoms with van der Waals surface area (Å²) in [6.07, 6.45) is 1.57. The number of benzene rings is 1. The monoisotopic (exact) mass is 342 g/mol. The van der Waals surface area contributed by atoms with Gasteiger partial charge in [0.15, 0.2) is 11.4 Å². The van der Waals surface area contributed by atoms with Gasteiger partial charge in [-0.3, -0.25) is 19.7 Å². The molecule has 1 aromatic heterocycles. The minimum atomic E-state index is -0.823. The molecule has 1 fully saturated rings. The number of hydrogen-bond donors (Lipinski definition) is 1. The van der Waals surface area contributed by atoms with Crippen LogP contribution >= 0.6 is 0 Å². The van der Waals surface area contributed by atoms with Crippen LogP contribution < -0.4 is 10.1 Å². The summed E-state index contributed by atoms with van der Waals surface area (Å²) in [5.41, 5.74) is 0.872. The lowest BCUT2D eigenvalue weighted by atomic mass is 10.2. The van der Waals surface area contributed by atoms with Crippen molar-refractivity contribution in [3.05, 3.63) is 42.2 Å². The van der Waals surface area contributed by atoms with Crippen LogP contribution in [0.15, 0.2) is 36.5 Å². The van der Waals surface area contributed by atoms with Crippen molar-refractivity contribution in [2.24, 2.45) is 0 Å². The molecule has 0 saturated carbocycles. The van der Waals surface area contributed by atoms with Crippen molar-refractivity contribution < 1.29 is 19.1 Å². The Balaban J connectivity index is 1.94. The van der Waals surface area contributed by atoms with E-state index in [-0.39, 0.29) is 24.6 Å². The van der Waals surface area contributed by atoms with Crippen molar-refractivity contribution in [1.29, 1.82) is 0 Å². The molecular weight excluding hydrogens is 324 g/mol. The Hall–Kier alpha value is -3.16. The molecule has 0 bridgehead atoms. The Labute approximate surface area is 144 Å². The molecule has 8 heteroatoms. The number of carbonyl (C=O) groups excluding carboxylic acids is 3. The molecular formula is C17H18N4O4. The molecule has 0 radical (unpaired) electrons. The molecule has 1 aromatic carbocycles. The van der Waals surface area contributed by atoms with Crippen LogP contribution in [0.5, 0.6) is 5.75 Å². The highest BCUT2D eigenvalue weighted by Gasteiger charge is 2.38. The van der Waals surface area contributed by atoms with Gasteiger partial charge in [0.2, 0.25) is 11.8 Å². The lowest BCUT2D eigenvalue weighted by Crippen LogP contribution is -2.44. The smallest absolute Gasteiger partial charge is 0.278 e.